The Labute approximate surface area is 133 Å². The number of nitrogens with zero attached hydrogens (tertiary/aromatic N) is 1. The highest BCUT2D eigenvalue weighted by Crippen LogP contribution is 2.39. The van der Waals surface area contributed by atoms with Gasteiger partial charge in [-0.25, -0.2) is 4.39 Å². The first kappa shape index (κ1) is 14.9. The number of nitrogens with one attached hydrogen (secondary N) is 1. The second-order valence-corrected chi connectivity index (χ2v) is 6.12. The fourth-order valence-corrected chi connectivity index (χ4v) is 3.49. The van der Waals surface area contributed by atoms with E-state index in [1.165, 1.54) is 27.5 Å². The van der Waals surface area contributed by atoms with Gasteiger partial charge in [-0.1, -0.05) is 19.1 Å². The van der Waals surface area contributed by atoms with E-state index in [-0.39, 0.29) is 5.82 Å². The summed E-state index contributed by atoms with van der Waals surface area (Å²) in [5, 5.41) is 3.36. The van der Waals surface area contributed by atoms with Crippen LogP contribution in [0.25, 0.3) is 21.6 Å². The molecule has 0 spiro atoms. The normalized spacial score (nSPS) is 10.8. The summed E-state index contributed by atoms with van der Waals surface area (Å²) in [7, 11) is 0. The molecule has 1 N–H and O–H groups in total. The first-order valence-corrected chi connectivity index (χ1v) is 8.09. The zero-order chi connectivity index (χ0) is 15.4. The van der Waals surface area contributed by atoms with E-state index in [1.807, 2.05) is 24.3 Å². The highest BCUT2D eigenvalue weighted by molar-refractivity contribution is 7.16. The molecular formula is C18H17FN2S. The van der Waals surface area contributed by atoms with E-state index in [0.29, 0.717) is 0 Å². The molecule has 3 rings (SSSR count). The van der Waals surface area contributed by atoms with Crippen LogP contribution >= 0.6 is 11.3 Å². The summed E-state index contributed by atoms with van der Waals surface area (Å²) < 4.78 is 13.2. The molecule has 112 valence electrons. The molecule has 0 saturated carbocycles. The summed E-state index contributed by atoms with van der Waals surface area (Å²) in [6, 6.07) is 12.9. The third kappa shape index (κ3) is 3.24. The number of hydrogen-bond acceptors (Lipinski definition) is 3. The average molecular weight is 312 g/mol. The predicted octanol–water partition coefficient (Wildman–Crippen LogP) is 4.73. The van der Waals surface area contributed by atoms with Crippen LogP contribution in [-0.2, 0) is 6.54 Å². The Bertz CT molecular complexity index is 736. The number of aromatic nitrogens is 1. The van der Waals surface area contributed by atoms with Gasteiger partial charge in [-0.3, -0.25) is 4.98 Å². The Hall–Kier alpha value is -2.04. The van der Waals surface area contributed by atoms with Gasteiger partial charge in [0.25, 0.3) is 0 Å². The summed E-state index contributed by atoms with van der Waals surface area (Å²) in [5.41, 5.74) is 3.35. The summed E-state index contributed by atoms with van der Waals surface area (Å²) in [5.74, 6) is -0.210. The van der Waals surface area contributed by atoms with Crippen molar-refractivity contribution in [3.05, 3.63) is 65.6 Å². The number of benzene rings is 1. The molecule has 0 unspecified atom stereocenters. The first-order valence-electron chi connectivity index (χ1n) is 7.27. The van der Waals surface area contributed by atoms with Crippen molar-refractivity contribution >= 4 is 11.3 Å². The maximum absolute atomic E-state index is 13.2. The van der Waals surface area contributed by atoms with Gasteiger partial charge in [-0.15, -0.1) is 11.3 Å². The van der Waals surface area contributed by atoms with E-state index in [9.17, 15) is 4.39 Å². The second-order valence-electron chi connectivity index (χ2n) is 4.98. The Morgan fingerprint density at radius 2 is 1.77 bits per heavy atom. The van der Waals surface area contributed by atoms with Gasteiger partial charge < -0.3 is 5.32 Å². The van der Waals surface area contributed by atoms with Crippen LogP contribution in [0.5, 0.6) is 0 Å². The average Bonchev–Trinajstić information content (AvgIpc) is 2.98. The molecule has 0 aliphatic carbocycles. The van der Waals surface area contributed by atoms with Gasteiger partial charge >= 0.3 is 0 Å². The van der Waals surface area contributed by atoms with Crippen LogP contribution in [0.3, 0.4) is 0 Å². The molecule has 2 aromatic heterocycles. The van der Waals surface area contributed by atoms with Crippen molar-refractivity contribution in [2.75, 3.05) is 6.54 Å². The fourth-order valence-electron chi connectivity index (χ4n) is 2.34. The molecule has 0 radical (unpaired) electrons. The number of hydrogen-bond donors (Lipinski definition) is 1. The van der Waals surface area contributed by atoms with Crippen LogP contribution in [-0.4, -0.2) is 11.5 Å². The van der Waals surface area contributed by atoms with Gasteiger partial charge in [0, 0.05) is 34.3 Å². The molecule has 0 amide bonds. The SMILES string of the molecule is CCNCc1cc(-c2ccncc2)c(-c2ccc(F)cc2)s1. The van der Waals surface area contributed by atoms with Gasteiger partial charge in [0.05, 0.1) is 0 Å². The molecule has 2 nitrogen and oxygen atoms in total. The third-order valence-electron chi connectivity index (χ3n) is 3.43. The molecule has 4 heteroatoms. The minimum atomic E-state index is -0.210. The van der Waals surface area contributed by atoms with E-state index >= 15 is 0 Å². The molecule has 0 bridgehead atoms. The van der Waals surface area contributed by atoms with E-state index < -0.39 is 0 Å². The molecular weight excluding hydrogens is 295 g/mol. The molecule has 0 aliphatic heterocycles. The van der Waals surface area contributed by atoms with Gasteiger partial charge in [0.2, 0.25) is 0 Å². The lowest BCUT2D eigenvalue weighted by atomic mass is 10.0. The number of thiophene rings is 1. The van der Waals surface area contributed by atoms with E-state index in [4.69, 9.17) is 0 Å². The van der Waals surface area contributed by atoms with Crippen LogP contribution < -0.4 is 5.32 Å². The number of pyridine rings is 1. The smallest absolute Gasteiger partial charge is 0.123 e. The highest BCUT2D eigenvalue weighted by atomic mass is 32.1. The molecule has 0 saturated heterocycles. The minimum absolute atomic E-state index is 0.210. The molecule has 22 heavy (non-hydrogen) atoms. The predicted molar refractivity (Wildman–Crippen MR) is 90.3 cm³/mol. The molecule has 1 aromatic carbocycles. The van der Waals surface area contributed by atoms with Gasteiger partial charge in [-0.2, -0.15) is 0 Å². The molecule has 0 aliphatic rings. The Morgan fingerprint density at radius 3 is 2.45 bits per heavy atom. The van der Waals surface area contributed by atoms with Gasteiger partial charge in [-0.05, 0) is 48.0 Å². The van der Waals surface area contributed by atoms with E-state index in [1.54, 1.807) is 23.7 Å². The van der Waals surface area contributed by atoms with Crippen LogP contribution in [0.1, 0.15) is 11.8 Å². The molecule has 0 fully saturated rings. The minimum Gasteiger partial charge on any atom is -0.312 e. The maximum atomic E-state index is 13.2. The Morgan fingerprint density at radius 1 is 1.05 bits per heavy atom. The van der Waals surface area contributed by atoms with Crippen molar-refractivity contribution < 1.29 is 4.39 Å². The lowest BCUT2D eigenvalue weighted by Gasteiger charge is -2.04. The van der Waals surface area contributed by atoms with Gasteiger partial charge in [0.15, 0.2) is 0 Å². The van der Waals surface area contributed by atoms with Crippen molar-refractivity contribution in [2.24, 2.45) is 0 Å². The topological polar surface area (TPSA) is 24.9 Å². The summed E-state index contributed by atoms with van der Waals surface area (Å²) >= 11 is 1.75. The van der Waals surface area contributed by atoms with Crippen molar-refractivity contribution in [1.29, 1.82) is 0 Å². The van der Waals surface area contributed by atoms with Crippen LogP contribution in [0.2, 0.25) is 0 Å². The van der Waals surface area contributed by atoms with Crippen LogP contribution in [0, 0.1) is 5.82 Å². The lowest BCUT2D eigenvalue weighted by Crippen LogP contribution is -2.10. The second kappa shape index (κ2) is 6.81. The molecule has 2 heterocycles. The quantitative estimate of drug-likeness (QED) is 0.737. The third-order valence-corrected chi connectivity index (χ3v) is 4.61. The molecule has 0 atom stereocenters. The summed E-state index contributed by atoms with van der Waals surface area (Å²) in [4.78, 5) is 6.52. The Kier molecular flexibility index (Phi) is 4.61. The van der Waals surface area contributed by atoms with Crippen molar-refractivity contribution in [3.8, 4) is 21.6 Å². The standard InChI is InChI=1S/C18H17FN2S/c1-2-20-12-16-11-17(13-7-9-21-10-8-13)18(22-16)14-3-5-15(19)6-4-14/h3-11,20H,2,12H2,1H3. The van der Waals surface area contributed by atoms with E-state index in [2.05, 4.69) is 23.3 Å². The van der Waals surface area contributed by atoms with Crippen LogP contribution in [0.4, 0.5) is 4.39 Å². The summed E-state index contributed by atoms with van der Waals surface area (Å²) in [6.07, 6.45) is 3.59. The van der Waals surface area contributed by atoms with Crippen molar-refractivity contribution in [2.45, 2.75) is 13.5 Å². The van der Waals surface area contributed by atoms with Crippen molar-refractivity contribution in [1.82, 2.24) is 10.3 Å². The van der Waals surface area contributed by atoms with Crippen molar-refractivity contribution in [3.63, 3.8) is 0 Å². The zero-order valence-corrected chi connectivity index (χ0v) is 13.2. The van der Waals surface area contributed by atoms with Crippen LogP contribution in [0.15, 0.2) is 54.9 Å². The molecule has 3 aromatic rings. The first-order chi connectivity index (χ1) is 10.8. The maximum Gasteiger partial charge on any atom is 0.123 e. The van der Waals surface area contributed by atoms with Gasteiger partial charge in [0.1, 0.15) is 5.82 Å². The monoisotopic (exact) mass is 312 g/mol. The lowest BCUT2D eigenvalue weighted by molar-refractivity contribution is 0.628. The fraction of sp³-hybridized carbons (Fsp3) is 0.167. The van der Waals surface area contributed by atoms with E-state index in [0.717, 1.165) is 24.2 Å². The zero-order valence-electron chi connectivity index (χ0n) is 12.3. The summed E-state index contributed by atoms with van der Waals surface area (Å²) in [6.45, 7) is 3.88. The largest absolute Gasteiger partial charge is 0.312 e. The Balaban J connectivity index is 2.06. The highest BCUT2D eigenvalue weighted by Gasteiger charge is 2.13. The number of halogens is 1. The number of rotatable bonds is 5.